The molecule has 0 amide bonds. The highest BCUT2D eigenvalue weighted by Gasteiger charge is 2.22. The number of aliphatic carboxylic acids is 1. The Bertz CT molecular complexity index is 1750. The number of hydrogen-bond acceptors (Lipinski definition) is 8. The van der Waals surface area contributed by atoms with Crippen molar-refractivity contribution in [3.63, 3.8) is 0 Å². The lowest BCUT2D eigenvalue weighted by atomic mass is 10.0. The average Bonchev–Trinajstić information content (AvgIpc) is 3.59. The molecule has 0 aliphatic heterocycles. The van der Waals surface area contributed by atoms with Crippen LogP contribution < -0.4 is 5.11 Å². The molecule has 0 radical (unpaired) electrons. The number of carboxylic acids is 1. The minimum Gasteiger partial charge on any atom is -0.545 e. The Kier molecular flexibility index (Phi) is 65.2. The summed E-state index contributed by atoms with van der Waals surface area (Å²) in [5, 5.41) is 11.8. The van der Waals surface area contributed by atoms with Crippen molar-refractivity contribution in [1.29, 1.82) is 0 Å². The molecule has 0 heterocycles. The molecule has 9 nitrogen and oxygen atoms in total. The standard InChI is InChI=1S/C78H137NO8/c1-6-8-10-12-14-16-18-20-22-24-26-28-30-32-34-36-37-38-39-41-43-45-47-49-51-53-55-57-59-61-63-65-67-69-76(81)87-74(73-86-78(77(82)83)84-71-70-79(3,4)5)72-85-75(80)68-66-64-62-60-58-56-54-52-50-48-46-44-42-40-35-33-31-29-27-25-23-21-19-17-15-13-11-9-7-2/h8,10,14,16,20,22,26,28,32,34,37-38,41,43,47,49,74,78H,6-7,9,11-13,15,17-19,21,23-25,27,29-31,33,35-36,39-40,42,44-46,48,50-73H2,1-5H3/b10-8-,16-14-,22-20-,28-26-,34-32-,38-37-,43-41-,49-47-. The zero-order chi connectivity index (χ0) is 63.3. The van der Waals surface area contributed by atoms with Crippen LogP contribution in [0, 0.1) is 0 Å². The predicted octanol–water partition coefficient (Wildman–Crippen LogP) is 21.5. The maximum absolute atomic E-state index is 12.9. The topological polar surface area (TPSA) is 111 Å². The van der Waals surface area contributed by atoms with Gasteiger partial charge in [0.1, 0.15) is 13.2 Å². The van der Waals surface area contributed by atoms with Crippen LogP contribution in [0.1, 0.15) is 322 Å². The van der Waals surface area contributed by atoms with Gasteiger partial charge >= 0.3 is 11.9 Å². The van der Waals surface area contributed by atoms with Crippen LogP contribution in [-0.4, -0.2) is 82.3 Å². The minimum atomic E-state index is -1.63. The number of carbonyl (C=O) groups excluding carboxylic acids is 3. The van der Waals surface area contributed by atoms with Crippen molar-refractivity contribution in [2.24, 2.45) is 0 Å². The van der Waals surface area contributed by atoms with Crippen LogP contribution in [0.4, 0.5) is 0 Å². The Morgan fingerprint density at radius 2 is 0.655 bits per heavy atom. The fraction of sp³-hybridized carbons (Fsp3) is 0.756. The summed E-state index contributed by atoms with van der Waals surface area (Å²) in [6.07, 6.45) is 90.7. The Hall–Kier alpha value is -3.79. The highest BCUT2D eigenvalue weighted by atomic mass is 16.7. The van der Waals surface area contributed by atoms with Gasteiger partial charge in [0, 0.05) is 12.8 Å². The van der Waals surface area contributed by atoms with E-state index in [1.807, 2.05) is 21.1 Å². The number of esters is 2. The van der Waals surface area contributed by atoms with Gasteiger partial charge in [-0.2, -0.15) is 0 Å². The third kappa shape index (κ3) is 69.5. The number of unbranched alkanes of at least 4 members (excludes halogenated alkanes) is 36. The SMILES string of the molecule is CC/C=C\C/C=C\C/C=C\C/C=C\C/C=C\C/C=C\C/C=C\C/C=C\CCCCCCCCCCC(=O)OC(COC(=O)CCCCCCCCCCCCCCCCCCCCCCCCCCCCCCC)COC(OCC[N+](C)(C)C)C(=O)[O-]. The molecule has 2 atom stereocenters. The summed E-state index contributed by atoms with van der Waals surface area (Å²) in [6, 6.07) is 0. The number of carbonyl (C=O) groups is 3. The first kappa shape index (κ1) is 83.2. The fourth-order valence-corrected chi connectivity index (χ4v) is 10.3. The summed E-state index contributed by atoms with van der Waals surface area (Å²) >= 11 is 0. The van der Waals surface area contributed by atoms with Crippen LogP contribution in [-0.2, 0) is 33.3 Å². The molecule has 87 heavy (non-hydrogen) atoms. The molecule has 0 spiro atoms. The number of ether oxygens (including phenoxy) is 4. The summed E-state index contributed by atoms with van der Waals surface area (Å²) in [6.45, 7) is 4.66. The number of carboxylic acid groups (broad SMARTS) is 1. The predicted molar refractivity (Wildman–Crippen MR) is 371 cm³/mol. The van der Waals surface area contributed by atoms with Gasteiger partial charge in [-0.05, 0) is 77.0 Å². The largest absolute Gasteiger partial charge is 0.545 e. The molecule has 502 valence electrons. The van der Waals surface area contributed by atoms with Crippen LogP contribution in [0.15, 0.2) is 97.2 Å². The van der Waals surface area contributed by atoms with Gasteiger partial charge in [0.05, 0.1) is 40.3 Å². The van der Waals surface area contributed by atoms with Crippen molar-refractivity contribution in [3.05, 3.63) is 97.2 Å². The van der Waals surface area contributed by atoms with Crippen molar-refractivity contribution in [1.82, 2.24) is 0 Å². The molecule has 2 unspecified atom stereocenters. The Morgan fingerprint density at radius 3 is 0.977 bits per heavy atom. The lowest BCUT2D eigenvalue weighted by Gasteiger charge is -2.26. The summed E-state index contributed by atoms with van der Waals surface area (Å²) < 4.78 is 22.8. The first-order valence-corrected chi connectivity index (χ1v) is 36.4. The Morgan fingerprint density at radius 1 is 0.356 bits per heavy atom. The molecule has 0 aromatic carbocycles. The van der Waals surface area contributed by atoms with Crippen molar-refractivity contribution in [3.8, 4) is 0 Å². The lowest BCUT2D eigenvalue weighted by molar-refractivity contribution is -0.870. The molecule has 0 rings (SSSR count). The van der Waals surface area contributed by atoms with Crippen LogP contribution >= 0.6 is 0 Å². The summed E-state index contributed by atoms with van der Waals surface area (Å²) in [4.78, 5) is 37.5. The second kappa shape index (κ2) is 68.1. The first-order valence-electron chi connectivity index (χ1n) is 36.4. The summed E-state index contributed by atoms with van der Waals surface area (Å²) in [7, 11) is 5.93. The molecule has 0 bridgehead atoms. The second-order valence-electron chi connectivity index (χ2n) is 25.5. The van der Waals surface area contributed by atoms with Gasteiger partial charge < -0.3 is 33.3 Å². The summed E-state index contributed by atoms with van der Waals surface area (Å²) in [5.41, 5.74) is 0. The average molecular weight is 1220 g/mol. The van der Waals surface area contributed by atoms with Gasteiger partial charge in [-0.3, -0.25) is 9.59 Å². The highest BCUT2D eigenvalue weighted by Crippen LogP contribution is 2.18. The van der Waals surface area contributed by atoms with Gasteiger partial charge in [-0.25, -0.2) is 0 Å². The number of likely N-dealkylation sites (N-methyl/N-ethyl adjacent to an activating group) is 1. The van der Waals surface area contributed by atoms with Gasteiger partial charge in [-0.1, -0.05) is 329 Å². The molecule has 0 fully saturated rings. The van der Waals surface area contributed by atoms with Crippen molar-refractivity contribution in [2.45, 2.75) is 334 Å². The maximum Gasteiger partial charge on any atom is 0.306 e. The normalized spacial score (nSPS) is 13.3. The number of hydrogen-bond donors (Lipinski definition) is 0. The lowest BCUT2D eigenvalue weighted by Crippen LogP contribution is -2.44. The van der Waals surface area contributed by atoms with Crippen molar-refractivity contribution < 1.29 is 42.9 Å². The zero-order valence-corrected chi connectivity index (χ0v) is 57.4. The Labute approximate surface area is 537 Å². The van der Waals surface area contributed by atoms with E-state index in [-0.39, 0.29) is 32.2 Å². The molecule has 9 heteroatoms. The van der Waals surface area contributed by atoms with E-state index in [1.165, 1.54) is 193 Å². The van der Waals surface area contributed by atoms with Crippen LogP contribution in [0.3, 0.4) is 0 Å². The zero-order valence-electron chi connectivity index (χ0n) is 57.4. The fourth-order valence-electron chi connectivity index (χ4n) is 10.3. The van der Waals surface area contributed by atoms with E-state index >= 15 is 0 Å². The van der Waals surface area contributed by atoms with Gasteiger partial charge in [0.15, 0.2) is 12.4 Å². The monoisotopic (exact) mass is 1220 g/mol. The molecular weight excluding hydrogens is 1080 g/mol. The molecule has 0 N–H and O–H groups in total. The molecule has 0 aliphatic rings. The number of rotatable bonds is 67. The first-order chi connectivity index (χ1) is 42.6. The Balaban J connectivity index is 4.13. The molecule has 0 aromatic rings. The van der Waals surface area contributed by atoms with Gasteiger partial charge in [0.25, 0.3) is 0 Å². The molecule has 0 saturated heterocycles. The van der Waals surface area contributed by atoms with Gasteiger partial charge in [-0.15, -0.1) is 0 Å². The molecule has 0 aromatic heterocycles. The molecule has 0 aliphatic carbocycles. The molecular formula is C78H137NO8. The number of nitrogens with zero attached hydrogens (tertiary/aromatic N) is 1. The van der Waals surface area contributed by atoms with Gasteiger partial charge in [0.2, 0.25) is 0 Å². The van der Waals surface area contributed by atoms with E-state index in [9.17, 15) is 19.5 Å². The van der Waals surface area contributed by atoms with Crippen LogP contribution in [0.25, 0.3) is 0 Å². The smallest absolute Gasteiger partial charge is 0.306 e. The summed E-state index contributed by atoms with van der Waals surface area (Å²) in [5.74, 6) is -2.28. The number of allylic oxidation sites excluding steroid dienone is 16. The quantitative estimate of drug-likeness (QED) is 0.0195. The van der Waals surface area contributed by atoms with E-state index in [1.54, 1.807) is 0 Å². The third-order valence-corrected chi connectivity index (χ3v) is 15.8. The minimum absolute atomic E-state index is 0.143. The van der Waals surface area contributed by atoms with Crippen LogP contribution in [0.5, 0.6) is 0 Å². The van der Waals surface area contributed by atoms with E-state index < -0.39 is 24.3 Å². The van der Waals surface area contributed by atoms with E-state index in [2.05, 4.69) is 111 Å². The van der Waals surface area contributed by atoms with Crippen LogP contribution in [0.2, 0.25) is 0 Å². The third-order valence-electron chi connectivity index (χ3n) is 15.8. The number of quaternary nitrogens is 1. The van der Waals surface area contributed by atoms with Crippen molar-refractivity contribution in [2.75, 3.05) is 47.5 Å². The second-order valence-corrected chi connectivity index (χ2v) is 25.5. The van der Waals surface area contributed by atoms with Crippen molar-refractivity contribution >= 4 is 17.9 Å². The molecule has 0 saturated carbocycles. The van der Waals surface area contributed by atoms with E-state index in [0.717, 1.165) is 96.3 Å². The highest BCUT2D eigenvalue weighted by molar-refractivity contribution is 5.70. The van der Waals surface area contributed by atoms with E-state index in [4.69, 9.17) is 18.9 Å². The van der Waals surface area contributed by atoms with E-state index in [0.29, 0.717) is 23.9 Å². The maximum atomic E-state index is 12.9.